The Kier molecular flexibility index (Phi) is 28.0. The molecule has 0 aliphatic carbocycles. The number of imidazole rings is 12. The van der Waals surface area contributed by atoms with E-state index < -0.39 is 0 Å². The summed E-state index contributed by atoms with van der Waals surface area (Å²) in [5, 5.41) is 5.88. The topological polar surface area (TPSA) is 350 Å². The van der Waals surface area contributed by atoms with Crippen molar-refractivity contribution in [1.29, 1.82) is 0 Å². The van der Waals surface area contributed by atoms with Crippen molar-refractivity contribution in [3.63, 3.8) is 0 Å². The van der Waals surface area contributed by atoms with Crippen molar-refractivity contribution >= 4 is 132 Å². The Hall–Kier alpha value is -15.6. The molecule has 6 aromatic carbocycles. The van der Waals surface area contributed by atoms with Crippen LogP contribution in [0.4, 0.5) is 0 Å². The fourth-order valence-electron chi connectivity index (χ4n) is 18.0. The molecule has 42 heteroatoms. The molecule has 0 saturated heterocycles. The summed E-state index contributed by atoms with van der Waals surface area (Å²) in [5.41, 5.74) is 25.8. The van der Waals surface area contributed by atoms with Gasteiger partial charge < -0.3 is 155 Å². The molecule has 0 N–H and O–H groups in total. The molecular weight excluding hydrogens is 2950 g/mol. The van der Waals surface area contributed by atoms with Crippen molar-refractivity contribution in [2.45, 2.75) is 0 Å². The first-order valence-corrected chi connectivity index (χ1v) is 44.2. The van der Waals surface area contributed by atoms with E-state index >= 15 is 0 Å². The SMILES string of the molecule is Cn1c[c-]nc1-c1cccc2c1[n-]c1c(-n3[c-][n+](C)cc3)coc12.Cn1c[c-]nc1-c1cccc2c1[n-]c1c(-n3[c-][n+](C)cc3)coc12.Cn1c[c-]nc1-c1cccc2c1[n-]c1c(-n3[c-][n+](C)cc3)coc12.Cn1ccnc1-c1cccc2c1[n-]c1c(-n3[c-]ncc3)coc12.Cn1ccnc1-c1cccc2c1[n-]c1c(-n3[c-]ncc3)coc12.Cn1ccnc1-c1cccc2c1[n-]c1c(-n3[c-]ncc3)coc12.[Pt+2].[Pt+2].[Pt+2].[Pt].[Pt].[Pt]. The van der Waals surface area contributed by atoms with E-state index in [4.69, 9.17) is 56.4 Å². The number of furan rings is 6. The van der Waals surface area contributed by atoms with Gasteiger partial charge in [0.05, 0.1) is 75.8 Å². The van der Waals surface area contributed by atoms with Crippen LogP contribution in [0.1, 0.15) is 0 Å². The van der Waals surface area contributed by atoms with Gasteiger partial charge in [0.1, 0.15) is 51.0 Å². The molecule has 30 aromatic rings. The van der Waals surface area contributed by atoms with Crippen LogP contribution in [0.15, 0.2) is 303 Å². The molecular formula is C105H72N30O6Pt6-6. The Morgan fingerprint density at radius 3 is 0.646 bits per heavy atom. The first-order chi connectivity index (χ1) is 69.1. The minimum atomic E-state index is 0. The molecule has 0 bridgehead atoms. The molecule has 147 heavy (non-hydrogen) atoms. The third-order valence-corrected chi connectivity index (χ3v) is 24.7. The van der Waals surface area contributed by atoms with E-state index in [0.29, 0.717) is 0 Å². The van der Waals surface area contributed by atoms with Crippen molar-refractivity contribution in [1.82, 2.24) is 130 Å². The molecule has 24 heterocycles. The molecule has 0 amide bonds. The third-order valence-electron chi connectivity index (χ3n) is 24.7. The second-order valence-corrected chi connectivity index (χ2v) is 33.5. The van der Waals surface area contributed by atoms with Gasteiger partial charge in [-0.25, -0.2) is 15.0 Å². The molecule has 30 rings (SSSR count). The molecule has 0 atom stereocenters. The molecule has 744 valence electrons. The van der Waals surface area contributed by atoms with E-state index in [1.807, 2.05) is 302 Å². The Balaban J connectivity index is 0.000000110. The van der Waals surface area contributed by atoms with Crippen molar-refractivity contribution in [3.05, 3.63) is 333 Å². The number of aryl methyl sites for hydroxylation is 9. The van der Waals surface area contributed by atoms with Crippen LogP contribution in [0.25, 0.3) is 234 Å². The number of para-hydroxylation sites is 6. The van der Waals surface area contributed by atoms with Crippen LogP contribution in [0.3, 0.4) is 0 Å². The van der Waals surface area contributed by atoms with Gasteiger partial charge in [0.15, 0.2) is 0 Å². The van der Waals surface area contributed by atoms with Crippen LogP contribution >= 0.6 is 0 Å². The Bertz CT molecular complexity index is 8980. The quantitative estimate of drug-likeness (QED) is 0.0810. The predicted molar refractivity (Wildman–Crippen MR) is 518 cm³/mol. The molecule has 36 nitrogen and oxygen atoms in total. The number of aromatic nitrogens is 30. The summed E-state index contributed by atoms with van der Waals surface area (Å²) >= 11 is 0. The maximum absolute atomic E-state index is 5.82. The second kappa shape index (κ2) is 41.2. The fourth-order valence-corrected chi connectivity index (χ4v) is 18.0. The third kappa shape index (κ3) is 17.5. The molecule has 24 aromatic heterocycles. The van der Waals surface area contributed by atoms with Crippen LogP contribution in [0.5, 0.6) is 0 Å². The van der Waals surface area contributed by atoms with E-state index in [0.717, 1.165) is 234 Å². The number of hydrogen-bond donors (Lipinski definition) is 0. The van der Waals surface area contributed by atoms with Crippen LogP contribution in [0, 0.1) is 56.6 Å². The van der Waals surface area contributed by atoms with E-state index in [-0.39, 0.29) is 126 Å². The Morgan fingerprint density at radius 1 is 0.252 bits per heavy atom. The average Bonchev–Trinajstić information content (AvgIpc) is 1.61. The van der Waals surface area contributed by atoms with Crippen molar-refractivity contribution < 1.29 is 167 Å². The maximum Gasteiger partial charge on any atom is 2.00 e. The van der Waals surface area contributed by atoms with E-state index in [2.05, 4.69) is 101 Å². The minimum absolute atomic E-state index is 0. The fraction of sp³-hybridized carbons (Fsp3) is 0.0857. The number of hydrogen-bond acceptors (Lipinski definition) is 15. The smallest absolute Gasteiger partial charge is 0.660 e. The Morgan fingerprint density at radius 2 is 0.469 bits per heavy atom. The predicted octanol–water partition coefficient (Wildman–Crippen LogP) is 15.3. The first-order valence-electron chi connectivity index (χ1n) is 44.2. The first kappa shape index (κ1) is 100. The summed E-state index contributed by atoms with van der Waals surface area (Å²) in [6.07, 6.45) is 75.6. The molecule has 0 unspecified atom stereocenters. The molecule has 0 aliphatic heterocycles. The van der Waals surface area contributed by atoms with Gasteiger partial charge in [-0.05, 0) is 71.8 Å². The summed E-state index contributed by atoms with van der Waals surface area (Å²) in [6.45, 7) is 0. The van der Waals surface area contributed by atoms with Gasteiger partial charge >= 0.3 is 63.2 Å². The molecule has 0 fully saturated rings. The zero-order valence-electron chi connectivity index (χ0n) is 78.2. The van der Waals surface area contributed by atoms with Gasteiger partial charge in [0, 0.05) is 211 Å². The van der Waals surface area contributed by atoms with E-state index in [1.165, 1.54) is 0 Å². The van der Waals surface area contributed by atoms with Crippen LogP contribution in [0.2, 0.25) is 0 Å². The van der Waals surface area contributed by atoms with Gasteiger partial charge in [-0.3, -0.25) is 0 Å². The molecule has 0 spiro atoms. The van der Waals surface area contributed by atoms with Crippen molar-refractivity contribution in [2.24, 2.45) is 63.4 Å². The van der Waals surface area contributed by atoms with Crippen molar-refractivity contribution in [2.75, 3.05) is 0 Å². The number of fused-ring (bicyclic) bond motifs is 18. The summed E-state index contributed by atoms with van der Waals surface area (Å²) in [4.78, 5) is 67.2. The summed E-state index contributed by atoms with van der Waals surface area (Å²) in [6, 6.07) is 36.2. The monoisotopic (exact) mass is 3020 g/mol. The zero-order valence-corrected chi connectivity index (χ0v) is 91.9. The van der Waals surface area contributed by atoms with Crippen molar-refractivity contribution in [3.8, 4) is 102 Å². The number of rotatable bonds is 12. The van der Waals surface area contributed by atoms with E-state index in [1.54, 1.807) is 107 Å². The summed E-state index contributed by atoms with van der Waals surface area (Å²) < 4.78 is 63.1. The largest absolute Gasteiger partial charge is 2.00 e. The maximum atomic E-state index is 5.82. The zero-order chi connectivity index (χ0) is 94.9. The van der Waals surface area contributed by atoms with Gasteiger partial charge in [0.25, 0.3) is 0 Å². The van der Waals surface area contributed by atoms with Gasteiger partial charge in [-0.15, -0.1) is 68.2 Å². The van der Waals surface area contributed by atoms with Crippen LogP contribution < -0.4 is 43.6 Å². The van der Waals surface area contributed by atoms with Gasteiger partial charge in [-0.1, -0.05) is 198 Å². The molecule has 0 aliphatic rings. The Labute approximate surface area is 919 Å². The number of benzene rings is 6. The van der Waals surface area contributed by atoms with E-state index in [9.17, 15) is 0 Å². The van der Waals surface area contributed by atoms with Gasteiger partial charge in [0.2, 0.25) is 19.0 Å². The van der Waals surface area contributed by atoms with Gasteiger partial charge in [-0.2, -0.15) is 0 Å². The summed E-state index contributed by atoms with van der Waals surface area (Å²) in [5.74, 6) is 5.15. The van der Waals surface area contributed by atoms with Crippen LogP contribution in [-0.4, -0.2) is 99.7 Å². The molecule has 0 saturated carbocycles. The van der Waals surface area contributed by atoms with Crippen LogP contribution in [-0.2, 0) is 190 Å². The second-order valence-electron chi connectivity index (χ2n) is 33.5. The normalized spacial score (nSPS) is 11.2. The minimum Gasteiger partial charge on any atom is -0.660 e. The standard InChI is InChI=1S/3C18H13N5O.3C17H11N5O.6Pt/c3*1-21-8-9-23(11-21)14-10-24-17-12-4-3-5-13(15(12)20-16(14)17)18-19-6-7-22(18)2;3*1-21-7-6-19-17(21)12-4-2-3-11-14(12)20-15-13(9-23-16(11)15)22-8-5-18-10-22;;;;;;/h3*3-5,7-10H,1-2H3;3*2-9H,1H3;;;;;;/q6*-2;;;;3*+2. The average molecular weight is 3020 g/mol. The summed E-state index contributed by atoms with van der Waals surface area (Å²) in [7, 11) is 17.6. The number of nitrogens with zero attached hydrogens (tertiary/aromatic N) is 30. The molecule has 0 radical (unpaired) electrons.